The number of ether oxygens (including phenoxy) is 1. The van der Waals surface area contributed by atoms with E-state index in [1.54, 1.807) is 6.07 Å². The molecule has 1 heterocycles. The van der Waals surface area contributed by atoms with Gasteiger partial charge in [-0.05, 0) is 31.2 Å². The lowest BCUT2D eigenvalue weighted by Crippen LogP contribution is -2.19. The van der Waals surface area contributed by atoms with Crippen molar-refractivity contribution in [3.63, 3.8) is 0 Å². The molecule has 24 heavy (non-hydrogen) atoms. The van der Waals surface area contributed by atoms with Gasteiger partial charge in [-0.2, -0.15) is 0 Å². The summed E-state index contributed by atoms with van der Waals surface area (Å²) in [5, 5.41) is 2.33. The van der Waals surface area contributed by atoms with Gasteiger partial charge in [-0.15, -0.1) is 24.5 Å². The van der Waals surface area contributed by atoms with Crippen molar-refractivity contribution >= 4 is 28.7 Å². The summed E-state index contributed by atoms with van der Waals surface area (Å²) >= 11 is 1.33. The van der Waals surface area contributed by atoms with Crippen molar-refractivity contribution in [2.24, 2.45) is 0 Å². The Kier molecular flexibility index (Phi) is 5.61. The molecule has 1 amide bonds. The molecule has 0 fully saturated rings. The van der Waals surface area contributed by atoms with Crippen molar-refractivity contribution in [3.8, 4) is 5.75 Å². The molecule has 0 bridgehead atoms. The van der Waals surface area contributed by atoms with Gasteiger partial charge in [0.15, 0.2) is 11.5 Å². The number of rotatable bonds is 6. The minimum absolute atomic E-state index is 0.0198. The molecule has 2 rings (SSSR count). The number of carbonyl (C=O) groups is 2. The number of benzene rings is 1. The topological polar surface area (TPSA) is 55.4 Å². The first-order chi connectivity index (χ1) is 11.2. The molecular formula is C16H14F3NO3S. The summed E-state index contributed by atoms with van der Waals surface area (Å²) in [4.78, 5) is 25.3. The highest BCUT2D eigenvalue weighted by atomic mass is 32.1. The van der Waals surface area contributed by atoms with Crippen LogP contribution in [0.25, 0.3) is 0 Å². The molecule has 0 aliphatic carbocycles. The van der Waals surface area contributed by atoms with Crippen LogP contribution in [0.5, 0.6) is 5.75 Å². The number of halogens is 3. The molecule has 8 heteroatoms. The minimum atomic E-state index is -4.85. The third-order valence-corrected chi connectivity index (χ3v) is 4.02. The molecule has 0 saturated carbocycles. The van der Waals surface area contributed by atoms with Gasteiger partial charge in [-0.25, -0.2) is 0 Å². The van der Waals surface area contributed by atoms with Gasteiger partial charge >= 0.3 is 6.36 Å². The third-order valence-electron chi connectivity index (χ3n) is 2.98. The molecule has 128 valence electrons. The summed E-state index contributed by atoms with van der Waals surface area (Å²) in [6.45, 7) is 1.87. The molecule has 0 atom stereocenters. The number of anilines is 1. The standard InChI is InChI=1S/C16H14F3NO3S/c1-10-6-8-14(24-10)12(21)7-9-15(22)20-11-4-2-3-5-13(11)23-16(17,18)19/h2-6,8H,7,9H2,1H3,(H,20,22). The monoisotopic (exact) mass is 357 g/mol. The highest BCUT2D eigenvalue weighted by Gasteiger charge is 2.32. The van der Waals surface area contributed by atoms with E-state index in [4.69, 9.17) is 0 Å². The Balaban J connectivity index is 1.94. The lowest BCUT2D eigenvalue weighted by Gasteiger charge is -2.13. The number of aryl methyl sites for hydroxylation is 1. The van der Waals surface area contributed by atoms with Gasteiger partial charge in [0.2, 0.25) is 5.91 Å². The van der Waals surface area contributed by atoms with E-state index in [1.807, 2.05) is 13.0 Å². The highest BCUT2D eigenvalue weighted by Crippen LogP contribution is 2.30. The van der Waals surface area contributed by atoms with Crippen LogP contribution >= 0.6 is 11.3 Å². The van der Waals surface area contributed by atoms with Crippen LogP contribution in [0.4, 0.5) is 18.9 Å². The molecule has 0 spiro atoms. The van der Waals surface area contributed by atoms with Crippen molar-refractivity contribution < 1.29 is 27.5 Å². The predicted octanol–water partition coefficient (Wildman–Crippen LogP) is 4.56. The average Bonchev–Trinajstić information content (AvgIpc) is 2.92. The van der Waals surface area contributed by atoms with Crippen LogP contribution in [0.2, 0.25) is 0 Å². The van der Waals surface area contributed by atoms with Crippen LogP contribution in [0.1, 0.15) is 27.4 Å². The SMILES string of the molecule is Cc1ccc(C(=O)CCC(=O)Nc2ccccc2OC(F)(F)F)s1. The second kappa shape index (κ2) is 7.48. The number of hydrogen-bond donors (Lipinski definition) is 1. The van der Waals surface area contributed by atoms with Crippen LogP contribution in [-0.2, 0) is 4.79 Å². The summed E-state index contributed by atoms with van der Waals surface area (Å²) in [5.74, 6) is -1.24. The first-order valence-corrected chi connectivity index (χ1v) is 7.80. The fourth-order valence-corrected chi connectivity index (χ4v) is 2.77. The maximum Gasteiger partial charge on any atom is 0.573 e. The van der Waals surface area contributed by atoms with Crippen molar-refractivity contribution in [2.45, 2.75) is 26.1 Å². The van der Waals surface area contributed by atoms with Gasteiger partial charge in [-0.1, -0.05) is 12.1 Å². The summed E-state index contributed by atoms with van der Waals surface area (Å²) in [7, 11) is 0. The maximum atomic E-state index is 12.3. The van der Waals surface area contributed by atoms with Crippen molar-refractivity contribution in [2.75, 3.05) is 5.32 Å². The van der Waals surface area contributed by atoms with E-state index in [1.165, 1.54) is 29.5 Å². The van der Waals surface area contributed by atoms with Crippen molar-refractivity contribution in [1.82, 2.24) is 0 Å². The number of nitrogens with one attached hydrogen (secondary N) is 1. The maximum absolute atomic E-state index is 12.3. The number of para-hydroxylation sites is 2. The Bertz CT molecular complexity index is 740. The molecule has 0 unspecified atom stereocenters. The molecular weight excluding hydrogens is 343 g/mol. The molecule has 1 aromatic heterocycles. The van der Waals surface area contributed by atoms with Gasteiger partial charge in [0.25, 0.3) is 0 Å². The van der Waals surface area contributed by atoms with E-state index < -0.39 is 18.0 Å². The Morgan fingerprint density at radius 3 is 2.46 bits per heavy atom. The van der Waals surface area contributed by atoms with Gasteiger partial charge in [-0.3, -0.25) is 9.59 Å². The van der Waals surface area contributed by atoms with E-state index in [9.17, 15) is 22.8 Å². The minimum Gasteiger partial charge on any atom is -0.404 e. The smallest absolute Gasteiger partial charge is 0.404 e. The van der Waals surface area contributed by atoms with Crippen LogP contribution < -0.4 is 10.1 Å². The molecule has 1 N–H and O–H groups in total. The summed E-state index contributed by atoms with van der Waals surface area (Å²) in [5.41, 5.74) is -0.0979. The van der Waals surface area contributed by atoms with Gasteiger partial charge in [0, 0.05) is 17.7 Å². The molecule has 0 aliphatic heterocycles. The second-order valence-corrected chi connectivity index (χ2v) is 6.21. The van der Waals surface area contributed by atoms with Gasteiger partial charge < -0.3 is 10.1 Å². The van der Waals surface area contributed by atoms with Gasteiger partial charge in [0.05, 0.1) is 10.6 Å². The fraction of sp³-hybridized carbons (Fsp3) is 0.250. The third kappa shape index (κ3) is 5.38. The van der Waals surface area contributed by atoms with Crippen LogP contribution in [0, 0.1) is 6.92 Å². The number of thiophene rings is 1. The van der Waals surface area contributed by atoms with Crippen molar-refractivity contribution in [1.29, 1.82) is 0 Å². The molecule has 2 aromatic rings. The molecule has 4 nitrogen and oxygen atoms in total. The second-order valence-electron chi connectivity index (χ2n) is 4.93. The quantitative estimate of drug-likeness (QED) is 0.771. The Morgan fingerprint density at radius 1 is 1.12 bits per heavy atom. The number of amides is 1. The number of Topliss-reactive ketones (excluding diaryl/α,β-unsaturated/α-hetero) is 1. The molecule has 0 saturated heterocycles. The van der Waals surface area contributed by atoms with E-state index in [0.29, 0.717) is 4.88 Å². The molecule has 0 radical (unpaired) electrons. The Labute approximate surface area is 140 Å². The summed E-state index contributed by atoms with van der Waals surface area (Å²) in [6.07, 6.45) is -5.00. The number of ketones is 1. The van der Waals surface area contributed by atoms with Crippen LogP contribution in [0.15, 0.2) is 36.4 Å². The number of hydrogen-bond acceptors (Lipinski definition) is 4. The lowest BCUT2D eigenvalue weighted by molar-refractivity contribution is -0.274. The zero-order chi connectivity index (χ0) is 17.7. The summed E-state index contributed by atoms with van der Waals surface area (Å²) < 4.78 is 40.8. The van der Waals surface area contributed by atoms with E-state index >= 15 is 0 Å². The normalized spacial score (nSPS) is 11.2. The largest absolute Gasteiger partial charge is 0.573 e. The number of carbonyl (C=O) groups excluding carboxylic acids is 2. The first-order valence-electron chi connectivity index (χ1n) is 6.99. The Morgan fingerprint density at radius 2 is 1.83 bits per heavy atom. The molecule has 0 aliphatic rings. The Hall–Kier alpha value is -2.35. The zero-order valence-corrected chi connectivity index (χ0v) is 13.5. The average molecular weight is 357 g/mol. The van der Waals surface area contributed by atoms with Crippen LogP contribution in [-0.4, -0.2) is 18.1 Å². The summed E-state index contributed by atoms with van der Waals surface area (Å²) in [6, 6.07) is 8.72. The zero-order valence-electron chi connectivity index (χ0n) is 12.6. The fourth-order valence-electron chi connectivity index (χ4n) is 1.93. The lowest BCUT2D eigenvalue weighted by atomic mass is 10.2. The number of alkyl halides is 3. The van der Waals surface area contributed by atoms with E-state index in [0.717, 1.165) is 10.9 Å². The van der Waals surface area contributed by atoms with E-state index in [-0.39, 0.29) is 24.3 Å². The van der Waals surface area contributed by atoms with Crippen LogP contribution in [0.3, 0.4) is 0 Å². The highest BCUT2D eigenvalue weighted by molar-refractivity contribution is 7.14. The predicted molar refractivity (Wildman–Crippen MR) is 84.4 cm³/mol. The van der Waals surface area contributed by atoms with Crippen molar-refractivity contribution in [3.05, 3.63) is 46.2 Å². The van der Waals surface area contributed by atoms with Gasteiger partial charge in [0.1, 0.15) is 0 Å². The first kappa shape index (κ1) is 18.0. The molecule has 1 aromatic carbocycles. The van der Waals surface area contributed by atoms with E-state index in [2.05, 4.69) is 10.1 Å².